The predicted molar refractivity (Wildman–Crippen MR) is 78.6 cm³/mol. The Labute approximate surface area is 126 Å². The number of carbonyl (C=O) groups is 2. The Kier molecular flexibility index (Phi) is 7.08. The number of carbonyl (C=O) groups excluding carboxylic acids is 1. The van der Waals surface area contributed by atoms with Gasteiger partial charge in [-0.2, -0.15) is 0 Å². The zero-order chi connectivity index (χ0) is 15.0. The summed E-state index contributed by atoms with van der Waals surface area (Å²) in [5.41, 5.74) is 0.969. The van der Waals surface area contributed by atoms with Crippen molar-refractivity contribution in [2.75, 3.05) is 7.11 Å². The fourth-order valence-electron chi connectivity index (χ4n) is 1.67. The van der Waals surface area contributed by atoms with Crippen molar-refractivity contribution in [1.82, 2.24) is 5.32 Å². The second kappa shape index (κ2) is 8.58. The lowest BCUT2D eigenvalue weighted by Gasteiger charge is -2.08. The first-order valence-electron chi connectivity index (χ1n) is 6.34. The molecule has 0 atom stereocenters. The molecule has 0 aliphatic carbocycles. The summed E-state index contributed by atoms with van der Waals surface area (Å²) in [5.74, 6) is -0.149. The summed E-state index contributed by atoms with van der Waals surface area (Å²) in [7, 11) is 1.60. The van der Waals surface area contributed by atoms with Crippen LogP contribution in [0.2, 0.25) is 0 Å². The lowest BCUT2D eigenvalue weighted by Crippen LogP contribution is -2.22. The molecule has 1 aromatic rings. The van der Waals surface area contributed by atoms with Gasteiger partial charge in [0.1, 0.15) is 5.75 Å². The first-order valence-corrected chi connectivity index (χ1v) is 7.13. The average Bonchev–Trinajstić information content (AvgIpc) is 2.41. The van der Waals surface area contributed by atoms with Gasteiger partial charge in [0.2, 0.25) is 5.91 Å². The number of carboxylic acid groups (broad SMARTS) is 1. The number of carboxylic acids is 1. The van der Waals surface area contributed by atoms with Crippen molar-refractivity contribution in [2.24, 2.45) is 0 Å². The molecule has 110 valence electrons. The van der Waals surface area contributed by atoms with Crippen LogP contribution in [0.1, 0.15) is 31.2 Å². The van der Waals surface area contributed by atoms with E-state index in [2.05, 4.69) is 21.2 Å². The van der Waals surface area contributed by atoms with Crippen LogP contribution in [0.4, 0.5) is 0 Å². The first kappa shape index (κ1) is 16.5. The molecule has 0 saturated heterocycles. The largest absolute Gasteiger partial charge is 0.496 e. The van der Waals surface area contributed by atoms with E-state index in [0.29, 0.717) is 25.8 Å². The Hall–Kier alpha value is -1.56. The third kappa shape index (κ3) is 6.06. The fourth-order valence-corrected chi connectivity index (χ4v) is 2.26. The summed E-state index contributed by atoms with van der Waals surface area (Å²) in [6.45, 7) is 0.445. The van der Waals surface area contributed by atoms with E-state index >= 15 is 0 Å². The quantitative estimate of drug-likeness (QED) is 0.711. The van der Waals surface area contributed by atoms with Crippen molar-refractivity contribution < 1.29 is 19.4 Å². The minimum atomic E-state index is -0.825. The molecular weight excluding hydrogens is 326 g/mol. The Balaban J connectivity index is 2.30. The van der Waals surface area contributed by atoms with Crippen LogP contribution in [-0.4, -0.2) is 24.1 Å². The van der Waals surface area contributed by atoms with Crippen molar-refractivity contribution in [2.45, 2.75) is 32.2 Å². The monoisotopic (exact) mass is 343 g/mol. The van der Waals surface area contributed by atoms with Gasteiger partial charge in [0.05, 0.1) is 11.6 Å². The molecule has 0 spiro atoms. The van der Waals surface area contributed by atoms with E-state index in [9.17, 15) is 9.59 Å². The number of unbranched alkanes of at least 4 members (excludes halogenated alkanes) is 1. The maximum Gasteiger partial charge on any atom is 0.303 e. The van der Waals surface area contributed by atoms with Gasteiger partial charge in [-0.1, -0.05) is 6.07 Å². The number of halogens is 1. The SMILES string of the molecule is COc1ccc(CNC(=O)CCCCC(=O)O)cc1Br. The molecule has 0 saturated carbocycles. The van der Waals surface area contributed by atoms with E-state index < -0.39 is 5.97 Å². The molecule has 0 radical (unpaired) electrons. The van der Waals surface area contributed by atoms with E-state index in [0.717, 1.165) is 15.8 Å². The predicted octanol–water partition coefficient (Wildman–Crippen LogP) is 2.72. The van der Waals surface area contributed by atoms with Crippen LogP contribution in [0.25, 0.3) is 0 Å². The molecule has 0 aromatic heterocycles. The number of benzene rings is 1. The number of ether oxygens (including phenoxy) is 1. The summed E-state index contributed by atoms with van der Waals surface area (Å²) < 4.78 is 5.97. The normalized spacial score (nSPS) is 10.1. The molecular formula is C14H18BrNO4. The summed E-state index contributed by atoms with van der Waals surface area (Å²) in [4.78, 5) is 21.9. The van der Waals surface area contributed by atoms with Gasteiger partial charge in [-0.05, 0) is 46.5 Å². The summed E-state index contributed by atoms with van der Waals surface area (Å²) in [6.07, 6.45) is 1.57. The molecule has 6 heteroatoms. The number of nitrogens with one attached hydrogen (secondary N) is 1. The fraction of sp³-hybridized carbons (Fsp3) is 0.429. The van der Waals surface area contributed by atoms with Gasteiger partial charge >= 0.3 is 5.97 Å². The van der Waals surface area contributed by atoms with Crippen LogP contribution in [0.3, 0.4) is 0 Å². The Bertz CT molecular complexity index is 476. The Morgan fingerprint density at radius 1 is 1.30 bits per heavy atom. The second-order valence-corrected chi connectivity index (χ2v) is 5.20. The summed E-state index contributed by atoms with van der Waals surface area (Å²) >= 11 is 3.39. The highest BCUT2D eigenvalue weighted by atomic mass is 79.9. The zero-order valence-corrected chi connectivity index (χ0v) is 12.9. The molecule has 0 aliphatic rings. The van der Waals surface area contributed by atoms with E-state index in [1.54, 1.807) is 7.11 Å². The van der Waals surface area contributed by atoms with Crippen molar-refractivity contribution in [1.29, 1.82) is 0 Å². The molecule has 0 bridgehead atoms. The molecule has 0 unspecified atom stereocenters. The van der Waals surface area contributed by atoms with Gasteiger partial charge in [-0.25, -0.2) is 0 Å². The Morgan fingerprint density at radius 2 is 2.00 bits per heavy atom. The number of hydrogen-bond acceptors (Lipinski definition) is 3. The zero-order valence-electron chi connectivity index (χ0n) is 11.3. The summed E-state index contributed by atoms with van der Waals surface area (Å²) in [6, 6.07) is 5.61. The first-order chi connectivity index (χ1) is 9.52. The number of rotatable bonds is 8. The molecule has 1 amide bonds. The molecule has 20 heavy (non-hydrogen) atoms. The van der Waals surface area contributed by atoms with E-state index in [1.165, 1.54) is 0 Å². The van der Waals surface area contributed by atoms with Crippen molar-refractivity contribution in [3.63, 3.8) is 0 Å². The minimum absolute atomic E-state index is 0.0673. The molecule has 5 nitrogen and oxygen atoms in total. The number of hydrogen-bond donors (Lipinski definition) is 2. The van der Waals surface area contributed by atoms with Crippen LogP contribution >= 0.6 is 15.9 Å². The maximum absolute atomic E-state index is 11.6. The van der Waals surface area contributed by atoms with Crippen LogP contribution in [0, 0.1) is 0 Å². The average molecular weight is 344 g/mol. The van der Waals surface area contributed by atoms with Crippen LogP contribution in [-0.2, 0) is 16.1 Å². The molecule has 0 fully saturated rings. The highest BCUT2D eigenvalue weighted by Gasteiger charge is 2.05. The van der Waals surface area contributed by atoms with Crippen molar-refractivity contribution in [3.05, 3.63) is 28.2 Å². The van der Waals surface area contributed by atoms with Gasteiger partial charge < -0.3 is 15.2 Å². The number of methoxy groups -OCH3 is 1. The van der Waals surface area contributed by atoms with Crippen LogP contribution in [0.5, 0.6) is 5.75 Å². The highest BCUT2D eigenvalue weighted by Crippen LogP contribution is 2.25. The van der Waals surface area contributed by atoms with Gasteiger partial charge in [-0.3, -0.25) is 9.59 Å². The number of aliphatic carboxylic acids is 1. The van der Waals surface area contributed by atoms with E-state index in [4.69, 9.17) is 9.84 Å². The van der Waals surface area contributed by atoms with Gasteiger partial charge in [0.25, 0.3) is 0 Å². The third-order valence-electron chi connectivity index (χ3n) is 2.75. The molecule has 1 rings (SSSR count). The van der Waals surface area contributed by atoms with Crippen LogP contribution < -0.4 is 10.1 Å². The highest BCUT2D eigenvalue weighted by molar-refractivity contribution is 9.10. The van der Waals surface area contributed by atoms with Crippen LogP contribution in [0.15, 0.2) is 22.7 Å². The topological polar surface area (TPSA) is 75.6 Å². The molecule has 0 heterocycles. The lowest BCUT2D eigenvalue weighted by atomic mass is 10.2. The number of amides is 1. The van der Waals surface area contributed by atoms with Gasteiger partial charge in [0.15, 0.2) is 0 Å². The Morgan fingerprint density at radius 3 is 2.60 bits per heavy atom. The minimum Gasteiger partial charge on any atom is -0.496 e. The third-order valence-corrected chi connectivity index (χ3v) is 3.37. The second-order valence-electron chi connectivity index (χ2n) is 4.35. The van der Waals surface area contributed by atoms with Gasteiger partial charge in [-0.15, -0.1) is 0 Å². The summed E-state index contributed by atoms with van der Waals surface area (Å²) in [5, 5.41) is 11.3. The molecule has 0 aliphatic heterocycles. The smallest absolute Gasteiger partial charge is 0.303 e. The van der Waals surface area contributed by atoms with E-state index in [1.807, 2.05) is 18.2 Å². The van der Waals surface area contributed by atoms with Crippen molar-refractivity contribution >= 4 is 27.8 Å². The maximum atomic E-state index is 11.6. The standard InChI is InChI=1S/C14H18BrNO4/c1-20-12-7-6-10(8-11(12)15)9-16-13(17)4-2-3-5-14(18)19/h6-8H,2-5,9H2,1H3,(H,16,17)(H,18,19). The van der Waals surface area contributed by atoms with E-state index in [-0.39, 0.29) is 12.3 Å². The lowest BCUT2D eigenvalue weighted by molar-refractivity contribution is -0.137. The molecule has 2 N–H and O–H groups in total. The van der Waals surface area contributed by atoms with Crippen molar-refractivity contribution in [3.8, 4) is 5.75 Å². The molecule has 1 aromatic carbocycles. The van der Waals surface area contributed by atoms with Gasteiger partial charge in [0, 0.05) is 19.4 Å².